The zero-order valence-electron chi connectivity index (χ0n) is 11.3. The minimum atomic E-state index is -0.390. The largest absolute Gasteiger partial charge is 0.485 e. The first-order valence-corrected chi connectivity index (χ1v) is 6.17. The molecule has 2 aromatic carbocycles. The molecule has 0 spiro atoms. The van der Waals surface area contributed by atoms with Crippen molar-refractivity contribution in [1.29, 1.82) is 0 Å². The molecule has 0 aliphatic rings. The van der Waals surface area contributed by atoms with E-state index in [1.807, 2.05) is 13.0 Å². The van der Waals surface area contributed by atoms with Crippen molar-refractivity contribution in [3.8, 4) is 5.75 Å². The molecule has 0 bridgehead atoms. The van der Waals surface area contributed by atoms with E-state index in [0.29, 0.717) is 11.3 Å². The smallest absolute Gasteiger partial charge is 0.240 e. The molecule has 2 aromatic rings. The maximum absolute atomic E-state index is 13.9. The quantitative estimate of drug-likeness (QED) is 0.623. The van der Waals surface area contributed by atoms with E-state index in [4.69, 9.17) is 4.74 Å². The van der Waals surface area contributed by atoms with E-state index in [1.54, 1.807) is 31.2 Å². The van der Waals surface area contributed by atoms with Crippen molar-refractivity contribution in [2.24, 2.45) is 4.99 Å². The Balaban J connectivity index is 2.24. The van der Waals surface area contributed by atoms with Gasteiger partial charge in [-0.05, 0) is 37.1 Å². The molecule has 3 nitrogen and oxygen atoms in total. The molecule has 0 aliphatic heterocycles. The standard InChI is InChI=1S/C16H14FNO2/c1-11-7-12(2)16(14(17)8-11)20-9-13-5-3-4-6-15(13)18-10-19/h3-8H,9H2,1-2H3. The Bertz CT molecular complexity index is 653. The number of rotatable bonds is 4. The van der Waals surface area contributed by atoms with Crippen molar-refractivity contribution in [1.82, 2.24) is 0 Å². The second-order valence-corrected chi connectivity index (χ2v) is 4.51. The third-order valence-electron chi connectivity index (χ3n) is 2.90. The fourth-order valence-electron chi connectivity index (χ4n) is 2.03. The molecule has 20 heavy (non-hydrogen) atoms. The fraction of sp³-hybridized carbons (Fsp3) is 0.188. The number of isocyanates is 1. The average molecular weight is 271 g/mol. The Kier molecular flexibility index (Phi) is 4.28. The van der Waals surface area contributed by atoms with E-state index in [1.165, 1.54) is 12.1 Å². The first-order valence-electron chi connectivity index (χ1n) is 6.17. The van der Waals surface area contributed by atoms with Crippen LogP contribution in [-0.2, 0) is 11.4 Å². The Labute approximate surface area is 116 Å². The van der Waals surface area contributed by atoms with Crippen molar-refractivity contribution in [3.63, 3.8) is 0 Å². The molecule has 0 atom stereocenters. The Hall–Kier alpha value is -2.45. The number of carbonyl (C=O) groups excluding carboxylic acids is 1. The van der Waals surface area contributed by atoms with Crippen LogP contribution in [0.2, 0.25) is 0 Å². The molecule has 0 saturated heterocycles. The highest BCUT2D eigenvalue weighted by Gasteiger charge is 2.09. The van der Waals surface area contributed by atoms with Crippen LogP contribution in [-0.4, -0.2) is 6.08 Å². The van der Waals surface area contributed by atoms with Gasteiger partial charge in [-0.25, -0.2) is 9.18 Å². The summed E-state index contributed by atoms with van der Waals surface area (Å²) < 4.78 is 19.4. The third kappa shape index (κ3) is 3.11. The molecule has 0 amide bonds. The summed E-state index contributed by atoms with van der Waals surface area (Å²) in [6, 6.07) is 10.3. The van der Waals surface area contributed by atoms with Crippen LogP contribution in [0.4, 0.5) is 10.1 Å². The molecule has 0 saturated carbocycles. The summed E-state index contributed by atoms with van der Waals surface area (Å²) in [7, 11) is 0. The average Bonchev–Trinajstić information content (AvgIpc) is 2.39. The van der Waals surface area contributed by atoms with E-state index in [2.05, 4.69) is 4.99 Å². The lowest BCUT2D eigenvalue weighted by Gasteiger charge is -2.12. The number of aliphatic imine (C=N–C) groups is 1. The maximum atomic E-state index is 13.9. The number of benzene rings is 2. The van der Waals surface area contributed by atoms with Crippen LogP contribution >= 0.6 is 0 Å². The van der Waals surface area contributed by atoms with E-state index in [0.717, 1.165) is 11.1 Å². The summed E-state index contributed by atoms with van der Waals surface area (Å²) in [5, 5.41) is 0. The van der Waals surface area contributed by atoms with Gasteiger partial charge in [0.1, 0.15) is 6.61 Å². The monoisotopic (exact) mass is 271 g/mol. The first-order chi connectivity index (χ1) is 9.61. The number of para-hydroxylation sites is 1. The van der Waals surface area contributed by atoms with Gasteiger partial charge in [-0.1, -0.05) is 24.3 Å². The van der Waals surface area contributed by atoms with Crippen LogP contribution in [0.1, 0.15) is 16.7 Å². The molecular weight excluding hydrogens is 257 g/mol. The Morgan fingerprint density at radius 1 is 1.25 bits per heavy atom. The van der Waals surface area contributed by atoms with Gasteiger partial charge in [0.25, 0.3) is 0 Å². The van der Waals surface area contributed by atoms with Gasteiger partial charge < -0.3 is 4.74 Å². The number of ether oxygens (including phenoxy) is 1. The highest BCUT2D eigenvalue weighted by molar-refractivity contribution is 5.53. The molecule has 0 radical (unpaired) electrons. The van der Waals surface area contributed by atoms with Crippen molar-refractivity contribution >= 4 is 11.8 Å². The summed E-state index contributed by atoms with van der Waals surface area (Å²) >= 11 is 0. The van der Waals surface area contributed by atoms with Gasteiger partial charge in [0.05, 0.1) is 5.69 Å². The van der Waals surface area contributed by atoms with Crippen LogP contribution in [0.25, 0.3) is 0 Å². The molecular formula is C16H14FNO2. The van der Waals surface area contributed by atoms with E-state index >= 15 is 0 Å². The predicted molar refractivity (Wildman–Crippen MR) is 74.4 cm³/mol. The van der Waals surface area contributed by atoms with Crippen LogP contribution in [0.3, 0.4) is 0 Å². The fourth-order valence-corrected chi connectivity index (χ4v) is 2.03. The van der Waals surface area contributed by atoms with Gasteiger partial charge in [-0.3, -0.25) is 0 Å². The van der Waals surface area contributed by atoms with Crippen LogP contribution in [0, 0.1) is 19.7 Å². The second-order valence-electron chi connectivity index (χ2n) is 4.51. The summed E-state index contributed by atoms with van der Waals surface area (Å²) in [6.45, 7) is 3.76. The lowest BCUT2D eigenvalue weighted by Crippen LogP contribution is -2.00. The zero-order valence-corrected chi connectivity index (χ0v) is 11.3. The lowest BCUT2D eigenvalue weighted by molar-refractivity contribution is 0.288. The van der Waals surface area contributed by atoms with Gasteiger partial charge >= 0.3 is 0 Å². The number of halogens is 1. The van der Waals surface area contributed by atoms with Gasteiger partial charge in [-0.2, -0.15) is 4.99 Å². The zero-order chi connectivity index (χ0) is 14.5. The highest BCUT2D eigenvalue weighted by Crippen LogP contribution is 2.26. The van der Waals surface area contributed by atoms with Gasteiger partial charge in [0, 0.05) is 5.56 Å². The summed E-state index contributed by atoms with van der Waals surface area (Å²) in [5.74, 6) is -0.167. The van der Waals surface area contributed by atoms with Gasteiger partial charge in [0.2, 0.25) is 6.08 Å². The van der Waals surface area contributed by atoms with Crippen molar-refractivity contribution in [2.75, 3.05) is 0 Å². The minimum absolute atomic E-state index is 0.141. The molecule has 0 N–H and O–H groups in total. The highest BCUT2D eigenvalue weighted by atomic mass is 19.1. The SMILES string of the molecule is Cc1cc(C)c(OCc2ccccc2N=C=O)c(F)c1. The number of hydrogen-bond acceptors (Lipinski definition) is 3. The first kappa shape index (κ1) is 14.0. The summed E-state index contributed by atoms with van der Waals surface area (Å²) in [5.41, 5.74) is 2.76. The number of aryl methyl sites for hydroxylation is 2. The molecule has 0 aliphatic carbocycles. The van der Waals surface area contributed by atoms with Crippen LogP contribution < -0.4 is 4.74 Å². The molecule has 2 rings (SSSR count). The summed E-state index contributed by atoms with van der Waals surface area (Å²) in [4.78, 5) is 14.0. The third-order valence-corrected chi connectivity index (χ3v) is 2.90. The predicted octanol–water partition coefficient (Wildman–Crippen LogP) is 3.99. The van der Waals surface area contributed by atoms with Crippen molar-refractivity contribution in [3.05, 3.63) is 58.9 Å². The second kappa shape index (κ2) is 6.13. The van der Waals surface area contributed by atoms with Crippen LogP contribution in [0.5, 0.6) is 5.75 Å². The van der Waals surface area contributed by atoms with Crippen molar-refractivity contribution in [2.45, 2.75) is 20.5 Å². The Morgan fingerprint density at radius 2 is 2.00 bits per heavy atom. The van der Waals surface area contributed by atoms with E-state index in [-0.39, 0.29) is 18.2 Å². The van der Waals surface area contributed by atoms with E-state index in [9.17, 15) is 9.18 Å². The van der Waals surface area contributed by atoms with Gasteiger partial charge in [-0.15, -0.1) is 0 Å². The number of nitrogens with zero attached hydrogens (tertiary/aromatic N) is 1. The molecule has 102 valence electrons. The van der Waals surface area contributed by atoms with Gasteiger partial charge in [0.15, 0.2) is 11.6 Å². The van der Waals surface area contributed by atoms with Crippen LogP contribution in [0.15, 0.2) is 41.4 Å². The molecule has 0 unspecified atom stereocenters. The molecule has 0 fully saturated rings. The Morgan fingerprint density at radius 3 is 2.70 bits per heavy atom. The van der Waals surface area contributed by atoms with E-state index < -0.39 is 0 Å². The molecule has 0 heterocycles. The van der Waals surface area contributed by atoms with Crippen molar-refractivity contribution < 1.29 is 13.9 Å². The number of hydrogen-bond donors (Lipinski definition) is 0. The normalized spacial score (nSPS) is 9.95. The molecule has 0 aromatic heterocycles. The maximum Gasteiger partial charge on any atom is 0.240 e. The summed E-state index contributed by atoms with van der Waals surface area (Å²) in [6.07, 6.45) is 1.50. The topological polar surface area (TPSA) is 38.7 Å². The lowest BCUT2D eigenvalue weighted by atomic mass is 10.1. The minimum Gasteiger partial charge on any atom is -0.485 e. The molecule has 4 heteroatoms.